The largest absolute Gasteiger partial charge is 0.368 e. The second-order valence-electron chi connectivity index (χ2n) is 10.5. The summed E-state index contributed by atoms with van der Waals surface area (Å²) in [5.74, 6) is 0.547. The molecule has 0 saturated carbocycles. The molecule has 1 amide bonds. The first-order chi connectivity index (χ1) is 17.2. The van der Waals surface area contributed by atoms with Crippen molar-refractivity contribution in [2.24, 2.45) is 17.1 Å². The quantitative estimate of drug-likeness (QED) is 0.481. The van der Waals surface area contributed by atoms with Gasteiger partial charge in [-0.25, -0.2) is 4.98 Å². The van der Waals surface area contributed by atoms with Crippen molar-refractivity contribution in [3.8, 4) is 12.1 Å². The Morgan fingerprint density at radius 1 is 1.25 bits per heavy atom. The fourth-order valence-electron chi connectivity index (χ4n) is 4.60. The first kappa shape index (κ1) is 27.5. The summed E-state index contributed by atoms with van der Waals surface area (Å²) in [7, 11) is 0. The summed E-state index contributed by atoms with van der Waals surface area (Å²) >= 11 is 1.19. The van der Waals surface area contributed by atoms with Crippen LogP contribution in [0.25, 0.3) is 0 Å². The van der Waals surface area contributed by atoms with Crippen LogP contribution in [0, 0.1) is 34.0 Å². The molecule has 0 spiro atoms. The van der Waals surface area contributed by atoms with Gasteiger partial charge in [-0.2, -0.15) is 10.5 Å². The maximum atomic E-state index is 12.4. The van der Waals surface area contributed by atoms with E-state index < -0.39 is 11.2 Å². The zero-order chi connectivity index (χ0) is 26.3. The molecule has 1 fully saturated rings. The molecule has 2 aromatic rings. The molecule has 36 heavy (non-hydrogen) atoms. The van der Waals surface area contributed by atoms with Gasteiger partial charge >= 0.3 is 0 Å². The number of primary amides is 1. The number of aromatic nitrogens is 1. The predicted octanol–water partition coefficient (Wildman–Crippen LogP) is 4.56. The lowest BCUT2D eigenvalue weighted by Gasteiger charge is -2.35. The van der Waals surface area contributed by atoms with Crippen molar-refractivity contribution in [2.75, 3.05) is 31.1 Å². The summed E-state index contributed by atoms with van der Waals surface area (Å²) in [6.45, 7) is 12.0. The number of rotatable bonds is 9. The van der Waals surface area contributed by atoms with E-state index in [2.05, 4.69) is 43.1 Å². The van der Waals surface area contributed by atoms with Crippen LogP contribution in [0.5, 0.6) is 0 Å². The zero-order valence-corrected chi connectivity index (χ0v) is 22.5. The Labute approximate surface area is 219 Å². The lowest BCUT2D eigenvalue weighted by Crippen LogP contribution is -2.42. The second-order valence-corrected chi connectivity index (χ2v) is 11.6. The molecule has 1 aromatic carbocycles. The number of hydrogen-bond acceptors (Lipinski definition) is 7. The number of carbonyl (C=O) groups is 1. The standard InChI is InChI=1S/C28H36N6OS/c1-5-21-22(14-29)26(34-13-9-10-19(17-34)16-32-18-28(2,3)4)33-27(23(21)15-30)36-24(25(31)35)20-11-7-6-8-12-20/h6-8,11-12,19,24,32H,5,9-10,13,16-18H2,1-4H3,(H2,31,35)/t19-,24?/m0/s1. The molecule has 3 N–H and O–H groups in total. The average Bonchev–Trinajstić information content (AvgIpc) is 2.85. The van der Waals surface area contributed by atoms with Crippen LogP contribution in [0.15, 0.2) is 35.4 Å². The van der Waals surface area contributed by atoms with Crippen molar-refractivity contribution >= 4 is 23.5 Å². The summed E-state index contributed by atoms with van der Waals surface area (Å²) in [4.78, 5) is 19.4. The van der Waals surface area contributed by atoms with Crippen LogP contribution in [-0.2, 0) is 11.2 Å². The number of amides is 1. The molecule has 0 radical (unpaired) electrons. The molecule has 1 aliphatic rings. The third kappa shape index (κ3) is 6.78. The molecular weight excluding hydrogens is 468 g/mol. The topological polar surface area (TPSA) is 119 Å². The monoisotopic (exact) mass is 504 g/mol. The molecule has 1 aliphatic heterocycles. The van der Waals surface area contributed by atoms with Gasteiger partial charge in [-0.3, -0.25) is 4.79 Å². The minimum Gasteiger partial charge on any atom is -0.368 e. The SMILES string of the molecule is CCc1c(C#N)c(SC(C(N)=O)c2ccccc2)nc(N2CCC[C@@H](CNCC(C)(C)C)C2)c1C#N. The van der Waals surface area contributed by atoms with Crippen LogP contribution in [0.1, 0.15) is 68.0 Å². The van der Waals surface area contributed by atoms with Gasteiger partial charge in [0.15, 0.2) is 0 Å². The van der Waals surface area contributed by atoms with E-state index in [-0.39, 0.29) is 5.41 Å². The highest BCUT2D eigenvalue weighted by Gasteiger charge is 2.29. The minimum atomic E-state index is -0.688. The molecular formula is C28H36N6OS. The summed E-state index contributed by atoms with van der Waals surface area (Å²) in [6, 6.07) is 13.9. The summed E-state index contributed by atoms with van der Waals surface area (Å²) in [5, 5.41) is 23.5. The molecule has 7 nitrogen and oxygen atoms in total. The number of carbonyl (C=O) groups excluding carboxylic acids is 1. The molecule has 8 heteroatoms. The van der Waals surface area contributed by atoms with Gasteiger partial charge in [-0.05, 0) is 48.3 Å². The van der Waals surface area contributed by atoms with Gasteiger partial charge in [-0.15, -0.1) is 0 Å². The smallest absolute Gasteiger partial charge is 0.235 e. The predicted molar refractivity (Wildman–Crippen MR) is 145 cm³/mol. The highest BCUT2D eigenvalue weighted by atomic mass is 32.2. The second kappa shape index (κ2) is 12.3. The van der Waals surface area contributed by atoms with E-state index in [0.29, 0.717) is 39.9 Å². The Bertz CT molecular complexity index is 1150. The van der Waals surface area contributed by atoms with Gasteiger partial charge in [0, 0.05) is 19.6 Å². The van der Waals surface area contributed by atoms with E-state index in [0.717, 1.165) is 44.6 Å². The highest BCUT2D eigenvalue weighted by Crippen LogP contribution is 2.40. The molecule has 2 heterocycles. The van der Waals surface area contributed by atoms with Crippen LogP contribution in [0.4, 0.5) is 5.82 Å². The minimum absolute atomic E-state index is 0.217. The number of nitrogens with two attached hydrogens (primary N) is 1. The molecule has 190 valence electrons. The summed E-state index contributed by atoms with van der Waals surface area (Å²) < 4.78 is 0. The van der Waals surface area contributed by atoms with Crippen LogP contribution < -0.4 is 16.0 Å². The van der Waals surface area contributed by atoms with Gasteiger partial charge in [0.25, 0.3) is 0 Å². The lowest BCUT2D eigenvalue weighted by molar-refractivity contribution is -0.117. The van der Waals surface area contributed by atoms with Crippen molar-refractivity contribution in [2.45, 2.75) is 57.2 Å². The van der Waals surface area contributed by atoms with E-state index in [1.165, 1.54) is 11.8 Å². The number of nitrogens with zero attached hydrogens (tertiary/aromatic N) is 4. The van der Waals surface area contributed by atoms with Crippen LogP contribution in [-0.4, -0.2) is 37.1 Å². The fourth-order valence-corrected chi connectivity index (χ4v) is 5.66. The number of piperidine rings is 1. The Kier molecular flexibility index (Phi) is 9.37. The van der Waals surface area contributed by atoms with E-state index in [1.807, 2.05) is 37.3 Å². The summed E-state index contributed by atoms with van der Waals surface area (Å²) in [6.07, 6.45) is 2.64. The molecule has 0 aliphatic carbocycles. The van der Waals surface area contributed by atoms with E-state index in [1.54, 1.807) is 0 Å². The van der Waals surface area contributed by atoms with Crippen molar-refractivity contribution in [1.29, 1.82) is 10.5 Å². The number of benzene rings is 1. The fraction of sp³-hybridized carbons (Fsp3) is 0.500. The first-order valence-electron chi connectivity index (χ1n) is 12.5. The Hall–Kier alpha value is -3.07. The number of nitrogens with one attached hydrogen (secondary N) is 1. The molecule has 0 bridgehead atoms. The lowest BCUT2D eigenvalue weighted by atomic mass is 9.94. The van der Waals surface area contributed by atoms with E-state index in [4.69, 9.17) is 10.7 Å². The van der Waals surface area contributed by atoms with Gasteiger partial charge in [0.05, 0.1) is 11.1 Å². The van der Waals surface area contributed by atoms with Crippen LogP contribution in [0.2, 0.25) is 0 Å². The van der Waals surface area contributed by atoms with Crippen molar-refractivity contribution in [3.63, 3.8) is 0 Å². The molecule has 1 unspecified atom stereocenters. The van der Waals surface area contributed by atoms with Gasteiger partial charge in [-0.1, -0.05) is 69.8 Å². The molecule has 2 atom stereocenters. The zero-order valence-electron chi connectivity index (χ0n) is 21.7. The van der Waals surface area contributed by atoms with E-state index >= 15 is 0 Å². The number of hydrogen-bond donors (Lipinski definition) is 2. The molecule has 3 rings (SSSR count). The first-order valence-corrected chi connectivity index (χ1v) is 13.4. The van der Waals surface area contributed by atoms with Gasteiger partial charge < -0.3 is 16.0 Å². The summed E-state index contributed by atoms with van der Waals surface area (Å²) in [5.41, 5.74) is 8.23. The number of pyridine rings is 1. The Morgan fingerprint density at radius 3 is 2.53 bits per heavy atom. The van der Waals surface area contributed by atoms with Crippen molar-refractivity contribution in [3.05, 3.63) is 52.6 Å². The third-order valence-electron chi connectivity index (χ3n) is 6.32. The van der Waals surface area contributed by atoms with Crippen LogP contribution in [0.3, 0.4) is 0 Å². The Balaban J connectivity index is 1.97. The molecule has 1 aromatic heterocycles. The number of anilines is 1. The maximum absolute atomic E-state index is 12.4. The van der Waals surface area contributed by atoms with Gasteiger partial charge in [0.1, 0.15) is 28.2 Å². The third-order valence-corrected chi connectivity index (χ3v) is 7.58. The van der Waals surface area contributed by atoms with E-state index in [9.17, 15) is 15.3 Å². The van der Waals surface area contributed by atoms with Crippen molar-refractivity contribution in [1.82, 2.24) is 10.3 Å². The molecule has 1 saturated heterocycles. The Morgan fingerprint density at radius 2 is 1.94 bits per heavy atom. The van der Waals surface area contributed by atoms with Gasteiger partial charge in [0.2, 0.25) is 5.91 Å². The number of nitriles is 2. The highest BCUT2D eigenvalue weighted by molar-refractivity contribution is 8.00. The van der Waals surface area contributed by atoms with Crippen LogP contribution >= 0.6 is 11.8 Å². The number of thioether (sulfide) groups is 1. The maximum Gasteiger partial charge on any atom is 0.235 e. The average molecular weight is 505 g/mol. The van der Waals surface area contributed by atoms with Crippen molar-refractivity contribution < 1.29 is 4.79 Å². The normalized spacial score (nSPS) is 16.7.